The molecule has 0 unspecified atom stereocenters. The molecule has 0 N–H and O–H groups in total. The molecule has 0 radical (unpaired) electrons. The van der Waals surface area contributed by atoms with Crippen LogP contribution in [0.3, 0.4) is 0 Å². The quantitative estimate of drug-likeness (QED) is 0.428. The Hall–Kier alpha value is -0.380. The zero-order chi connectivity index (χ0) is 15.6. The molecule has 0 bridgehead atoms. The Balaban J connectivity index is 4.41. The first kappa shape index (κ1) is 19.6. The Kier molecular flexibility index (Phi) is 10.2. The molecule has 0 atom stereocenters. The third-order valence-electron chi connectivity index (χ3n) is 2.59. The Bertz CT molecular complexity index is 297. The molecule has 0 saturated carbocycles. The smallest absolute Gasteiger partial charge is 0.341 e. The maximum atomic E-state index is 12.5. The van der Waals surface area contributed by atoms with Crippen LogP contribution in [-0.2, 0) is 23.1 Å². The van der Waals surface area contributed by atoms with Gasteiger partial charge in [-0.15, -0.1) is 0 Å². The first-order chi connectivity index (χ1) is 9.29. The van der Waals surface area contributed by atoms with Crippen molar-refractivity contribution in [3.8, 4) is 0 Å². The van der Waals surface area contributed by atoms with Crippen molar-refractivity contribution in [1.29, 1.82) is 0 Å². The molecule has 0 amide bonds. The predicted octanol–water partition coefficient (Wildman–Crippen LogP) is 3.87. The Morgan fingerprint density at radius 2 is 1.45 bits per heavy atom. The van der Waals surface area contributed by atoms with Gasteiger partial charge >= 0.3 is 13.6 Å². The second kappa shape index (κ2) is 10.4. The summed E-state index contributed by atoms with van der Waals surface area (Å²) in [7, 11) is -3.39. The second-order valence-corrected chi connectivity index (χ2v) is 7.66. The summed E-state index contributed by atoms with van der Waals surface area (Å²) in [5.74, 6) is 0.355. The molecule has 0 aromatic carbocycles. The zero-order valence-corrected chi connectivity index (χ0v) is 14.3. The van der Waals surface area contributed by atoms with Gasteiger partial charge in [-0.25, -0.2) is 0 Å². The molecule has 0 fully saturated rings. The number of hydrogen-bond acceptors (Lipinski definition) is 5. The van der Waals surface area contributed by atoms with Crippen LogP contribution in [0, 0.1) is 11.8 Å². The molecule has 0 rings (SSSR count). The molecule has 0 aliphatic carbocycles. The predicted molar refractivity (Wildman–Crippen MR) is 79.9 cm³/mol. The average Bonchev–Trinajstić information content (AvgIpc) is 2.27. The van der Waals surface area contributed by atoms with E-state index in [1.54, 1.807) is 6.92 Å². The van der Waals surface area contributed by atoms with E-state index < -0.39 is 13.6 Å². The van der Waals surface area contributed by atoms with E-state index in [0.717, 1.165) is 12.8 Å². The third kappa shape index (κ3) is 10.4. The number of esters is 1. The molecule has 0 saturated heterocycles. The van der Waals surface area contributed by atoms with Gasteiger partial charge in [0.1, 0.15) is 6.16 Å². The van der Waals surface area contributed by atoms with Gasteiger partial charge in [0, 0.05) is 0 Å². The van der Waals surface area contributed by atoms with Crippen molar-refractivity contribution < 1.29 is 23.1 Å². The van der Waals surface area contributed by atoms with Crippen molar-refractivity contribution in [2.45, 2.75) is 47.5 Å². The van der Waals surface area contributed by atoms with E-state index in [9.17, 15) is 9.36 Å². The standard InChI is InChI=1S/C14H29O5P/c1-6-17-14(15)11-20(16,18-9-7-12(2)3)19-10-8-13(4)5/h12-13H,6-11H2,1-5H3. The fourth-order valence-electron chi connectivity index (χ4n) is 1.35. The fraction of sp³-hybridized carbons (Fsp3) is 0.929. The summed E-state index contributed by atoms with van der Waals surface area (Å²) in [6, 6.07) is 0. The summed E-state index contributed by atoms with van der Waals surface area (Å²) in [6.07, 6.45) is 1.25. The van der Waals surface area contributed by atoms with Crippen LogP contribution in [0.15, 0.2) is 0 Å². The minimum Gasteiger partial charge on any atom is -0.466 e. The van der Waals surface area contributed by atoms with Gasteiger partial charge in [0.25, 0.3) is 0 Å². The van der Waals surface area contributed by atoms with E-state index in [0.29, 0.717) is 25.0 Å². The highest BCUT2D eigenvalue weighted by Crippen LogP contribution is 2.48. The van der Waals surface area contributed by atoms with Gasteiger partial charge in [0.05, 0.1) is 19.8 Å². The van der Waals surface area contributed by atoms with Crippen molar-refractivity contribution in [1.82, 2.24) is 0 Å². The van der Waals surface area contributed by atoms with Crippen LogP contribution in [-0.4, -0.2) is 32.0 Å². The molecule has 5 nitrogen and oxygen atoms in total. The number of hydrogen-bond donors (Lipinski definition) is 0. The normalized spacial score (nSPS) is 12.2. The van der Waals surface area contributed by atoms with E-state index in [1.165, 1.54) is 0 Å². The summed E-state index contributed by atoms with van der Waals surface area (Å²) in [4.78, 5) is 11.5. The van der Waals surface area contributed by atoms with Gasteiger partial charge < -0.3 is 13.8 Å². The molecule has 0 aromatic heterocycles. The highest BCUT2D eigenvalue weighted by molar-refractivity contribution is 7.54. The van der Waals surface area contributed by atoms with Crippen molar-refractivity contribution in [2.24, 2.45) is 11.8 Å². The molecular weight excluding hydrogens is 279 g/mol. The Morgan fingerprint density at radius 1 is 1.00 bits per heavy atom. The summed E-state index contributed by atoms with van der Waals surface area (Å²) < 4.78 is 28.1. The first-order valence-electron chi connectivity index (χ1n) is 7.32. The van der Waals surface area contributed by atoms with Gasteiger partial charge in [-0.1, -0.05) is 27.7 Å². The summed E-state index contributed by atoms with van der Waals surface area (Å²) in [6.45, 7) is 10.8. The molecule has 0 aliphatic heterocycles. The third-order valence-corrected chi connectivity index (χ3v) is 4.39. The molecule has 20 heavy (non-hydrogen) atoms. The molecule has 0 aliphatic rings. The molecule has 0 spiro atoms. The molecule has 6 heteroatoms. The number of carbonyl (C=O) groups is 1. The molecule has 0 aromatic rings. The minimum absolute atomic E-state index is 0.261. The van der Waals surface area contributed by atoms with Crippen molar-refractivity contribution in [3.05, 3.63) is 0 Å². The topological polar surface area (TPSA) is 61.8 Å². The van der Waals surface area contributed by atoms with E-state index in [1.807, 2.05) is 0 Å². The van der Waals surface area contributed by atoms with Crippen LogP contribution in [0.1, 0.15) is 47.5 Å². The van der Waals surface area contributed by atoms with Gasteiger partial charge in [-0.2, -0.15) is 0 Å². The Morgan fingerprint density at radius 3 is 1.80 bits per heavy atom. The van der Waals surface area contributed by atoms with Crippen LogP contribution in [0.2, 0.25) is 0 Å². The Labute approximate surface area is 122 Å². The lowest BCUT2D eigenvalue weighted by Crippen LogP contribution is -2.14. The molecule has 0 heterocycles. The van der Waals surface area contributed by atoms with Crippen molar-refractivity contribution in [3.63, 3.8) is 0 Å². The average molecular weight is 308 g/mol. The summed E-state index contributed by atoms with van der Waals surface area (Å²) in [5.41, 5.74) is 0. The van der Waals surface area contributed by atoms with E-state index >= 15 is 0 Å². The van der Waals surface area contributed by atoms with Crippen LogP contribution in [0.25, 0.3) is 0 Å². The second-order valence-electron chi connectivity index (χ2n) is 5.61. The zero-order valence-electron chi connectivity index (χ0n) is 13.4. The fourth-order valence-corrected chi connectivity index (χ4v) is 2.78. The lowest BCUT2D eigenvalue weighted by atomic mass is 10.2. The van der Waals surface area contributed by atoms with Crippen molar-refractivity contribution in [2.75, 3.05) is 26.0 Å². The lowest BCUT2D eigenvalue weighted by Gasteiger charge is -2.19. The van der Waals surface area contributed by atoms with E-state index in [-0.39, 0.29) is 12.8 Å². The molecular formula is C14H29O5P. The van der Waals surface area contributed by atoms with Crippen LogP contribution in [0.4, 0.5) is 0 Å². The number of ether oxygens (including phenoxy) is 1. The SMILES string of the molecule is CCOC(=O)CP(=O)(OCCC(C)C)OCCC(C)C. The van der Waals surface area contributed by atoms with Crippen LogP contribution < -0.4 is 0 Å². The van der Waals surface area contributed by atoms with Crippen LogP contribution in [0.5, 0.6) is 0 Å². The van der Waals surface area contributed by atoms with Crippen LogP contribution >= 0.6 is 7.60 Å². The van der Waals surface area contributed by atoms with Gasteiger partial charge in [0.2, 0.25) is 0 Å². The first-order valence-corrected chi connectivity index (χ1v) is 9.05. The summed E-state index contributed by atoms with van der Waals surface area (Å²) >= 11 is 0. The highest BCUT2D eigenvalue weighted by Gasteiger charge is 2.29. The lowest BCUT2D eigenvalue weighted by molar-refractivity contribution is -0.140. The van der Waals surface area contributed by atoms with E-state index in [4.69, 9.17) is 13.8 Å². The van der Waals surface area contributed by atoms with Gasteiger partial charge in [0.15, 0.2) is 0 Å². The number of rotatable bonds is 11. The van der Waals surface area contributed by atoms with E-state index in [2.05, 4.69) is 27.7 Å². The van der Waals surface area contributed by atoms with Gasteiger partial charge in [-0.3, -0.25) is 9.36 Å². The maximum Gasteiger partial charge on any atom is 0.341 e. The monoisotopic (exact) mass is 308 g/mol. The van der Waals surface area contributed by atoms with Gasteiger partial charge in [-0.05, 0) is 31.6 Å². The summed E-state index contributed by atoms with van der Waals surface area (Å²) in [5, 5.41) is 0. The largest absolute Gasteiger partial charge is 0.466 e. The highest BCUT2D eigenvalue weighted by atomic mass is 31.2. The number of carbonyl (C=O) groups excluding carboxylic acids is 1. The van der Waals surface area contributed by atoms with Crippen molar-refractivity contribution >= 4 is 13.6 Å². The maximum absolute atomic E-state index is 12.5. The minimum atomic E-state index is -3.39. The molecule has 120 valence electrons.